The van der Waals surface area contributed by atoms with Gasteiger partial charge in [-0.3, -0.25) is 4.79 Å². The minimum absolute atomic E-state index is 0.133. The highest BCUT2D eigenvalue weighted by Gasteiger charge is 2.20. The van der Waals surface area contributed by atoms with Gasteiger partial charge >= 0.3 is 0 Å². The zero-order valence-electron chi connectivity index (χ0n) is 9.09. The lowest BCUT2D eigenvalue weighted by Crippen LogP contribution is -2.35. The summed E-state index contributed by atoms with van der Waals surface area (Å²) in [5, 5.41) is 0. The third kappa shape index (κ3) is 2.12. The predicted molar refractivity (Wildman–Crippen MR) is 63.5 cm³/mol. The summed E-state index contributed by atoms with van der Waals surface area (Å²) in [4.78, 5) is 13.3. The fourth-order valence-electron chi connectivity index (χ4n) is 1.99. The van der Waals surface area contributed by atoms with Gasteiger partial charge in [0.15, 0.2) is 0 Å². The summed E-state index contributed by atoms with van der Waals surface area (Å²) >= 11 is 3.18. The fraction of sp³-hybridized carbons (Fsp3) is 0.417. The van der Waals surface area contributed by atoms with Gasteiger partial charge in [-0.1, -0.05) is 6.92 Å². The highest BCUT2D eigenvalue weighted by Crippen LogP contribution is 2.25. The first-order valence-corrected chi connectivity index (χ1v) is 6.15. The first kappa shape index (κ1) is 11.6. The number of hydrogen-bond acceptors (Lipinski definition) is 1. The van der Waals surface area contributed by atoms with Crippen LogP contribution in [0.4, 0.5) is 4.39 Å². The molecule has 0 spiro atoms. The maximum absolute atomic E-state index is 13.4. The van der Waals surface area contributed by atoms with E-state index in [1.54, 1.807) is 4.90 Å². The van der Waals surface area contributed by atoms with Gasteiger partial charge in [0.25, 0.3) is 0 Å². The molecule has 0 radical (unpaired) electrons. The van der Waals surface area contributed by atoms with Crippen LogP contribution in [-0.4, -0.2) is 17.4 Å². The molecule has 2 nitrogen and oxygen atoms in total. The maximum atomic E-state index is 13.4. The van der Waals surface area contributed by atoms with Crippen molar-refractivity contribution in [3.63, 3.8) is 0 Å². The summed E-state index contributed by atoms with van der Waals surface area (Å²) in [6.07, 6.45) is 1.31. The Kier molecular flexibility index (Phi) is 3.28. The van der Waals surface area contributed by atoms with Crippen LogP contribution in [0.3, 0.4) is 0 Å². The van der Waals surface area contributed by atoms with Crippen LogP contribution >= 0.6 is 15.9 Å². The second-order valence-electron chi connectivity index (χ2n) is 3.95. The molecule has 1 aliphatic rings. The van der Waals surface area contributed by atoms with Gasteiger partial charge in [-0.15, -0.1) is 0 Å². The van der Waals surface area contributed by atoms with Crippen LogP contribution in [0, 0.1) is 5.82 Å². The lowest BCUT2D eigenvalue weighted by atomic mass is 9.99. The molecule has 0 saturated carbocycles. The van der Waals surface area contributed by atoms with Crippen molar-refractivity contribution in [2.75, 3.05) is 6.54 Å². The van der Waals surface area contributed by atoms with E-state index in [2.05, 4.69) is 15.9 Å². The van der Waals surface area contributed by atoms with Crippen LogP contribution in [0.25, 0.3) is 0 Å². The molecule has 16 heavy (non-hydrogen) atoms. The van der Waals surface area contributed by atoms with Gasteiger partial charge in [-0.05, 0) is 45.6 Å². The summed E-state index contributed by atoms with van der Waals surface area (Å²) in [5.74, 6) is -0.126. The van der Waals surface area contributed by atoms with Crippen LogP contribution in [0.15, 0.2) is 16.6 Å². The van der Waals surface area contributed by atoms with E-state index in [9.17, 15) is 9.18 Å². The molecule has 4 heteroatoms. The molecule has 86 valence electrons. The minimum Gasteiger partial charge on any atom is -0.338 e. The molecule has 1 aliphatic heterocycles. The predicted octanol–water partition coefficient (Wildman–Crippen LogP) is 2.88. The lowest BCUT2D eigenvalue weighted by Gasteiger charge is -2.28. The summed E-state index contributed by atoms with van der Waals surface area (Å²) < 4.78 is 13.9. The van der Waals surface area contributed by atoms with Crippen molar-refractivity contribution in [1.82, 2.24) is 4.90 Å². The van der Waals surface area contributed by atoms with Crippen molar-refractivity contribution < 1.29 is 9.18 Å². The molecule has 0 bridgehead atoms. The third-order valence-electron chi connectivity index (χ3n) is 2.91. The van der Waals surface area contributed by atoms with Crippen LogP contribution in [0.5, 0.6) is 0 Å². The normalized spacial score (nSPS) is 14.8. The highest BCUT2D eigenvalue weighted by molar-refractivity contribution is 9.10. The maximum Gasteiger partial charge on any atom is 0.222 e. The van der Waals surface area contributed by atoms with Gasteiger partial charge in [0, 0.05) is 19.5 Å². The van der Waals surface area contributed by atoms with E-state index in [0.29, 0.717) is 17.4 Å². The Balaban J connectivity index is 2.27. The number of benzene rings is 1. The molecule has 1 amide bonds. The molecule has 1 aromatic carbocycles. The van der Waals surface area contributed by atoms with Crippen LogP contribution in [0.1, 0.15) is 24.5 Å². The van der Waals surface area contributed by atoms with Gasteiger partial charge in [-0.2, -0.15) is 0 Å². The van der Waals surface area contributed by atoms with E-state index in [1.807, 2.05) is 13.0 Å². The van der Waals surface area contributed by atoms with Crippen LogP contribution < -0.4 is 0 Å². The number of nitrogens with zero attached hydrogens (tertiary/aromatic N) is 1. The molecule has 0 saturated heterocycles. The van der Waals surface area contributed by atoms with E-state index in [4.69, 9.17) is 0 Å². The van der Waals surface area contributed by atoms with Crippen molar-refractivity contribution in [3.05, 3.63) is 33.5 Å². The quantitative estimate of drug-likeness (QED) is 0.777. The SMILES string of the molecule is CCC(=O)N1CCc2cc(Br)c(F)cc2C1. The summed E-state index contributed by atoms with van der Waals surface area (Å²) in [7, 11) is 0. The molecule has 2 rings (SSSR count). The molecule has 0 unspecified atom stereocenters. The summed E-state index contributed by atoms with van der Waals surface area (Å²) in [6, 6.07) is 3.34. The number of carbonyl (C=O) groups excluding carboxylic acids is 1. The number of rotatable bonds is 1. The molecular formula is C12H13BrFNO. The standard InChI is InChI=1S/C12H13BrFNO/c1-2-12(16)15-4-3-8-5-10(13)11(14)6-9(8)7-15/h5-6H,2-4,7H2,1H3. The largest absolute Gasteiger partial charge is 0.338 e. The molecule has 1 aromatic rings. The first-order valence-electron chi connectivity index (χ1n) is 5.36. The van der Waals surface area contributed by atoms with Crippen molar-refractivity contribution >= 4 is 21.8 Å². The molecule has 0 fully saturated rings. The van der Waals surface area contributed by atoms with E-state index < -0.39 is 0 Å². The first-order chi connectivity index (χ1) is 7.61. The Hall–Kier alpha value is -0.900. The van der Waals surface area contributed by atoms with Crippen molar-refractivity contribution in [3.8, 4) is 0 Å². The number of carbonyl (C=O) groups is 1. The topological polar surface area (TPSA) is 20.3 Å². The van der Waals surface area contributed by atoms with Crippen molar-refractivity contribution in [2.24, 2.45) is 0 Å². The fourth-order valence-corrected chi connectivity index (χ4v) is 2.38. The smallest absolute Gasteiger partial charge is 0.222 e. The Morgan fingerprint density at radius 2 is 2.25 bits per heavy atom. The summed E-state index contributed by atoms with van der Waals surface area (Å²) in [5.41, 5.74) is 2.06. The lowest BCUT2D eigenvalue weighted by molar-refractivity contribution is -0.131. The second kappa shape index (κ2) is 4.53. The van der Waals surface area contributed by atoms with E-state index >= 15 is 0 Å². The van der Waals surface area contributed by atoms with Gasteiger partial charge < -0.3 is 4.90 Å². The second-order valence-corrected chi connectivity index (χ2v) is 4.81. The van der Waals surface area contributed by atoms with Crippen molar-refractivity contribution in [1.29, 1.82) is 0 Å². The van der Waals surface area contributed by atoms with Gasteiger partial charge in [0.1, 0.15) is 5.82 Å². The molecule has 0 aliphatic carbocycles. The molecule has 1 heterocycles. The van der Waals surface area contributed by atoms with E-state index in [1.165, 1.54) is 6.07 Å². The molecular weight excluding hydrogens is 273 g/mol. The van der Waals surface area contributed by atoms with E-state index in [-0.39, 0.29) is 11.7 Å². The van der Waals surface area contributed by atoms with Gasteiger partial charge in [-0.25, -0.2) is 4.39 Å². The monoisotopic (exact) mass is 285 g/mol. The highest BCUT2D eigenvalue weighted by atomic mass is 79.9. The van der Waals surface area contributed by atoms with Crippen LogP contribution in [0.2, 0.25) is 0 Å². The number of fused-ring (bicyclic) bond motifs is 1. The van der Waals surface area contributed by atoms with E-state index in [0.717, 1.165) is 24.1 Å². The summed E-state index contributed by atoms with van der Waals surface area (Å²) in [6.45, 7) is 3.12. The van der Waals surface area contributed by atoms with Gasteiger partial charge in [0.2, 0.25) is 5.91 Å². The number of amides is 1. The molecule has 0 atom stereocenters. The Bertz CT molecular complexity index is 433. The Morgan fingerprint density at radius 3 is 2.94 bits per heavy atom. The number of hydrogen-bond donors (Lipinski definition) is 0. The van der Waals surface area contributed by atoms with Crippen molar-refractivity contribution in [2.45, 2.75) is 26.3 Å². The average Bonchev–Trinajstić information content (AvgIpc) is 2.29. The van der Waals surface area contributed by atoms with Crippen LogP contribution in [-0.2, 0) is 17.8 Å². The third-order valence-corrected chi connectivity index (χ3v) is 3.52. The van der Waals surface area contributed by atoms with Gasteiger partial charge in [0.05, 0.1) is 4.47 Å². The average molecular weight is 286 g/mol. The Labute approximate surface area is 103 Å². The number of halogens is 2. The zero-order valence-corrected chi connectivity index (χ0v) is 10.7. The Morgan fingerprint density at radius 1 is 1.50 bits per heavy atom. The zero-order chi connectivity index (χ0) is 11.7. The molecule has 0 N–H and O–H groups in total. The minimum atomic E-state index is -0.260. The molecule has 0 aromatic heterocycles.